The molecule has 2 amide bonds. The van der Waals surface area contributed by atoms with Gasteiger partial charge in [0.25, 0.3) is 5.91 Å². The van der Waals surface area contributed by atoms with Crippen LogP contribution in [0.1, 0.15) is 24.0 Å². The van der Waals surface area contributed by atoms with Crippen LogP contribution in [0.25, 0.3) is 0 Å². The standard InChI is InChI=1S/C21H25N3O2/c1-16-6-3-4-7-17(16)14-23(2)15-20(25)22-18-9-11-19(12-10-18)24-13-5-8-21(24)26/h3-4,6-7,9-12H,5,8,13-15H2,1-2H3,(H,22,25)/p+1. The minimum absolute atomic E-state index is 0.0129. The highest BCUT2D eigenvalue weighted by Crippen LogP contribution is 2.22. The predicted molar refractivity (Wildman–Crippen MR) is 103 cm³/mol. The summed E-state index contributed by atoms with van der Waals surface area (Å²) in [5.74, 6) is 0.157. The fourth-order valence-corrected chi connectivity index (χ4v) is 3.32. The molecule has 0 aromatic heterocycles. The molecule has 2 N–H and O–H groups in total. The number of likely N-dealkylation sites (N-methyl/N-ethyl adjacent to an activating group) is 1. The SMILES string of the molecule is Cc1ccccc1C[NH+](C)CC(=O)Nc1ccc(N2CCCC2=O)cc1. The van der Waals surface area contributed by atoms with Crippen molar-refractivity contribution in [3.8, 4) is 0 Å². The lowest BCUT2D eigenvalue weighted by molar-refractivity contribution is -0.885. The van der Waals surface area contributed by atoms with Crippen LogP contribution in [0.4, 0.5) is 11.4 Å². The van der Waals surface area contributed by atoms with Gasteiger partial charge in [0.1, 0.15) is 6.54 Å². The first-order valence-corrected chi connectivity index (χ1v) is 9.09. The first kappa shape index (κ1) is 18.1. The number of rotatable bonds is 6. The number of amides is 2. The summed E-state index contributed by atoms with van der Waals surface area (Å²) in [6, 6.07) is 15.8. The Bertz CT molecular complexity index is 786. The van der Waals surface area contributed by atoms with Crippen molar-refractivity contribution in [3.05, 3.63) is 59.7 Å². The number of carbonyl (C=O) groups excluding carboxylic acids is 2. The van der Waals surface area contributed by atoms with Gasteiger partial charge in [-0.1, -0.05) is 24.3 Å². The van der Waals surface area contributed by atoms with E-state index in [2.05, 4.69) is 24.4 Å². The molecule has 0 saturated carbocycles. The van der Waals surface area contributed by atoms with E-state index >= 15 is 0 Å². The Hall–Kier alpha value is -2.66. The lowest BCUT2D eigenvalue weighted by Crippen LogP contribution is -3.08. The second-order valence-corrected chi connectivity index (χ2v) is 6.98. The van der Waals surface area contributed by atoms with E-state index in [1.54, 1.807) is 4.90 Å². The minimum atomic E-state index is -0.0129. The lowest BCUT2D eigenvalue weighted by atomic mass is 10.1. The Balaban J connectivity index is 1.53. The number of nitrogens with one attached hydrogen (secondary N) is 2. The molecule has 1 atom stereocenters. The Kier molecular flexibility index (Phi) is 5.68. The highest BCUT2D eigenvalue weighted by molar-refractivity contribution is 5.96. The van der Waals surface area contributed by atoms with Crippen LogP contribution in [0.2, 0.25) is 0 Å². The zero-order valence-electron chi connectivity index (χ0n) is 15.4. The summed E-state index contributed by atoms with van der Waals surface area (Å²) >= 11 is 0. The smallest absolute Gasteiger partial charge is 0.279 e. The first-order valence-electron chi connectivity index (χ1n) is 9.09. The molecule has 1 unspecified atom stereocenters. The zero-order chi connectivity index (χ0) is 18.5. The Morgan fingerprint density at radius 2 is 1.88 bits per heavy atom. The van der Waals surface area contributed by atoms with Gasteiger partial charge >= 0.3 is 0 Å². The molecule has 2 aromatic carbocycles. The van der Waals surface area contributed by atoms with Gasteiger partial charge in [-0.2, -0.15) is 0 Å². The number of quaternary nitrogens is 1. The number of hydrogen-bond acceptors (Lipinski definition) is 2. The van der Waals surface area contributed by atoms with Crippen LogP contribution in [0.5, 0.6) is 0 Å². The van der Waals surface area contributed by atoms with E-state index < -0.39 is 0 Å². The molecule has 1 fully saturated rings. The lowest BCUT2D eigenvalue weighted by Gasteiger charge is -2.17. The van der Waals surface area contributed by atoms with Gasteiger partial charge in [-0.3, -0.25) is 9.59 Å². The van der Waals surface area contributed by atoms with Gasteiger partial charge in [-0.05, 0) is 43.2 Å². The summed E-state index contributed by atoms with van der Waals surface area (Å²) in [5, 5.41) is 2.94. The van der Waals surface area contributed by atoms with Crippen molar-refractivity contribution in [1.29, 1.82) is 0 Å². The Morgan fingerprint density at radius 1 is 1.15 bits per heavy atom. The van der Waals surface area contributed by atoms with E-state index in [9.17, 15) is 9.59 Å². The second kappa shape index (κ2) is 8.15. The summed E-state index contributed by atoms with van der Waals surface area (Å²) in [4.78, 5) is 27.0. The molecule has 5 heteroatoms. The molecular weight excluding hydrogens is 326 g/mol. The van der Waals surface area contributed by atoms with Crippen LogP contribution in [0.3, 0.4) is 0 Å². The Morgan fingerprint density at radius 3 is 2.54 bits per heavy atom. The van der Waals surface area contributed by atoms with E-state index in [-0.39, 0.29) is 11.8 Å². The largest absolute Gasteiger partial charge is 0.326 e. The maximum absolute atomic E-state index is 12.3. The van der Waals surface area contributed by atoms with Gasteiger partial charge in [-0.15, -0.1) is 0 Å². The van der Waals surface area contributed by atoms with Crippen LogP contribution < -0.4 is 15.1 Å². The predicted octanol–water partition coefficient (Wildman–Crippen LogP) is 1.78. The molecule has 3 rings (SSSR count). The molecule has 1 aliphatic heterocycles. The van der Waals surface area contributed by atoms with Crippen LogP contribution in [0.15, 0.2) is 48.5 Å². The molecule has 1 aliphatic rings. The van der Waals surface area contributed by atoms with Crippen LogP contribution in [0, 0.1) is 6.92 Å². The van der Waals surface area contributed by atoms with Gasteiger partial charge in [0.2, 0.25) is 5.91 Å². The molecule has 136 valence electrons. The third-order valence-electron chi connectivity index (χ3n) is 4.75. The van der Waals surface area contributed by atoms with Gasteiger partial charge in [0.15, 0.2) is 6.54 Å². The number of carbonyl (C=O) groups is 2. The molecule has 0 aliphatic carbocycles. The quantitative estimate of drug-likeness (QED) is 0.833. The molecule has 2 aromatic rings. The van der Waals surface area contributed by atoms with Crippen LogP contribution >= 0.6 is 0 Å². The summed E-state index contributed by atoms with van der Waals surface area (Å²) in [6.45, 7) is 4.09. The van der Waals surface area contributed by atoms with Crippen molar-refractivity contribution >= 4 is 23.2 Å². The average molecular weight is 352 g/mol. The summed E-state index contributed by atoms with van der Waals surface area (Å²) in [5.41, 5.74) is 4.17. The molecule has 5 nitrogen and oxygen atoms in total. The normalized spacial score (nSPS) is 15.2. The van der Waals surface area contributed by atoms with Gasteiger partial charge < -0.3 is 15.1 Å². The van der Waals surface area contributed by atoms with E-state index in [4.69, 9.17) is 0 Å². The minimum Gasteiger partial charge on any atom is -0.326 e. The molecule has 0 radical (unpaired) electrons. The van der Waals surface area contributed by atoms with E-state index in [1.807, 2.05) is 43.4 Å². The molecule has 1 saturated heterocycles. The van der Waals surface area contributed by atoms with Crippen LogP contribution in [-0.4, -0.2) is 32.0 Å². The maximum Gasteiger partial charge on any atom is 0.279 e. The first-order chi connectivity index (χ1) is 12.5. The van der Waals surface area contributed by atoms with E-state index in [0.29, 0.717) is 13.0 Å². The molecular formula is C21H26N3O2+. The summed E-state index contributed by atoms with van der Waals surface area (Å²) < 4.78 is 0. The monoisotopic (exact) mass is 352 g/mol. The number of hydrogen-bond donors (Lipinski definition) is 2. The maximum atomic E-state index is 12.3. The van der Waals surface area contributed by atoms with Gasteiger partial charge in [0, 0.05) is 29.9 Å². The third kappa shape index (κ3) is 4.49. The average Bonchev–Trinajstić information content (AvgIpc) is 3.03. The zero-order valence-corrected chi connectivity index (χ0v) is 15.4. The molecule has 0 bridgehead atoms. The fourth-order valence-electron chi connectivity index (χ4n) is 3.32. The Labute approximate surface area is 154 Å². The third-order valence-corrected chi connectivity index (χ3v) is 4.75. The molecule has 0 spiro atoms. The van der Waals surface area contributed by atoms with Crippen molar-refractivity contribution in [3.63, 3.8) is 0 Å². The number of anilines is 2. The van der Waals surface area contributed by atoms with Crippen molar-refractivity contribution in [2.24, 2.45) is 0 Å². The van der Waals surface area contributed by atoms with Crippen LogP contribution in [-0.2, 0) is 16.1 Å². The van der Waals surface area contributed by atoms with E-state index in [1.165, 1.54) is 11.1 Å². The van der Waals surface area contributed by atoms with Gasteiger partial charge in [0.05, 0.1) is 7.05 Å². The fraction of sp³-hybridized carbons (Fsp3) is 0.333. The van der Waals surface area contributed by atoms with Crippen molar-refractivity contribution in [2.45, 2.75) is 26.3 Å². The summed E-state index contributed by atoms with van der Waals surface area (Å²) in [6.07, 6.45) is 1.53. The summed E-state index contributed by atoms with van der Waals surface area (Å²) in [7, 11) is 2.02. The molecule has 1 heterocycles. The van der Waals surface area contributed by atoms with Crippen molar-refractivity contribution in [2.75, 3.05) is 30.4 Å². The topological polar surface area (TPSA) is 53.9 Å². The van der Waals surface area contributed by atoms with Crippen molar-refractivity contribution in [1.82, 2.24) is 0 Å². The highest BCUT2D eigenvalue weighted by Gasteiger charge is 2.21. The second-order valence-electron chi connectivity index (χ2n) is 6.98. The highest BCUT2D eigenvalue weighted by atomic mass is 16.2. The number of nitrogens with zero attached hydrogens (tertiary/aromatic N) is 1. The molecule has 26 heavy (non-hydrogen) atoms. The van der Waals surface area contributed by atoms with Crippen molar-refractivity contribution < 1.29 is 14.5 Å². The number of aryl methyl sites for hydroxylation is 1. The number of benzene rings is 2. The van der Waals surface area contributed by atoms with Gasteiger partial charge in [-0.25, -0.2) is 0 Å². The van der Waals surface area contributed by atoms with E-state index in [0.717, 1.165) is 35.8 Å².